The van der Waals surface area contributed by atoms with Crippen LogP contribution in [0.5, 0.6) is 17.2 Å². The number of benzene rings is 2. The van der Waals surface area contributed by atoms with Crippen LogP contribution in [0.2, 0.25) is 10.8 Å². The molecule has 2 aromatic carbocycles. The lowest BCUT2D eigenvalue weighted by Crippen LogP contribution is -2.47. The molecule has 0 radical (unpaired) electrons. The van der Waals surface area contributed by atoms with Gasteiger partial charge in [0.1, 0.15) is 11.8 Å². The number of phenols is 2. The summed E-state index contributed by atoms with van der Waals surface area (Å²) in [5.41, 5.74) is 1.54. The van der Waals surface area contributed by atoms with E-state index in [1.165, 1.54) is 6.07 Å². The van der Waals surface area contributed by atoms with Crippen molar-refractivity contribution in [2.45, 2.75) is 31.6 Å². The van der Waals surface area contributed by atoms with Crippen LogP contribution in [0.15, 0.2) is 30.3 Å². The normalized spacial score (nSPS) is 18.2. The van der Waals surface area contributed by atoms with Gasteiger partial charge in [0.15, 0.2) is 17.3 Å². The van der Waals surface area contributed by atoms with Crippen LogP contribution in [-0.4, -0.2) is 77.2 Å². The third kappa shape index (κ3) is 5.24. The van der Waals surface area contributed by atoms with Crippen molar-refractivity contribution < 1.29 is 42.7 Å². The number of imide groups is 1. The van der Waals surface area contributed by atoms with Crippen molar-refractivity contribution in [2.75, 3.05) is 19.3 Å². The quantitative estimate of drug-likeness (QED) is 0.301. The summed E-state index contributed by atoms with van der Waals surface area (Å²) in [5.74, 6) is -2.08. The first-order valence-electron chi connectivity index (χ1n) is 11.6. The van der Waals surface area contributed by atoms with Gasteiger partial charge in [-0.1, -0.05) is 35.9 Å². The number of ketones is 1. The highest BCUT2D eigenvalue weighted by Gasteiger charge is 2.42. The fourth-order valence-corrected chi connectivity index (χ4v) is 5.60. The van der Waals surface area contributed by atoms with Crippen LogP contribution < -0.4 is 9.97 Å². The monoisotopic (exact) mass is 565 g/mol. The second-order valence-electron chi connectivity index (χ2n) is 9.19. The third-order valence-electron chi connectivity index (χ3n) is 6.52. The zero-order chi connectivity index (χ0) is 27.9. The Morgan fingerprint density at radius 2 is 1.95 bits per heavy atom. The molecule has 15 heteroatoms. The number of para-hydroxylation sites is 1. The number of halogens is 1. The number of aryl methyl sites for hydroxylation is 1. The van der Waals surface area contributed by atoms with E-state index in [9.17, 15) is 38.0 Å². The maximum absolute atomic E-state index is 13.5. The lowest BCUT2D eigenvalue weighted by Gasteiger charge is -2.29. The highest BCUT2D eigenvalue weighted by atomic mass is 35.5. The molecule has 0 spiro atoms. The van der Waals surface area contributed by atoms with Crippen molar-refractivity contribution in [1.82, 2.24) is 14.5 Å². The predicted octanol–water partition coefficient (Wildman–Crippen LogP) is 1.95. The molecule has 202 valence electrons. The zero-order valence-corrected chi connectivity index (χ0v) is 22.0. The van der Waals surface area contributed by atoms with Crippen molar-refractivity contribution in [1.29, 1.82) is 0 Å². The number of aromatic hydroxyl groups is 2. The van der Waals surface area contributed by atoms with Gasteiger partial charge in [0, 0.05) is 17.8 Å². The first kappa shape index (κ1) is 27.5. The number of hydrogen-bond acceptors (Lipinski definition) is 9. The molecule has 1 saturated heterocycles. The number of urea groups is 2. The molecule has 2 aromatic rings. The zero-order valence-electron chi connectivity index (χ0n) is 20.4. The Morgan fingerprint density at radius 1 is 1.24 bits per heavy atom. The lowest BCUT2D eigenvalue weighted by molar-refractivity contribution is -0.121. The van der Waals surface area contributed by atoms with E-state index in [2.05, 4.69) is 5.32 Å². The molecule has 0 aliphatic carbocycles. The minimum atomic E-state index is -3.91. The number of Topliss-reactive ketones (excluding diaryl/α,β-unsaturated/α-hetero) is 1. The summed E-state index contributed by atoms with van der Waals surface area (Å²) in [6.07, 6.45) is 0.836. The van der Waals surface area contributed by atoms with Gasteiger partial charge in [-0.25, -0.2) is 27.2 Å². The average molecular weight is 566 g/mol. The first-order valence-corrected chi connectivity index (χ1v) is 13.8. The maximum Gasteiger partial charge on any atom is 0.526 e. The van der Waals surface area contributed by atoms with Gasteiger partial charge in [-0.2, -0.15) is 0 Å². The minimum Gasteiger partial charge on any atom is -0.536 e. The maximum atomic E-state index is 13.5. The van der Waals surface area contributed by atoms with Gasteiger partial charge >= 0.3 is 19.2 Å². The van der Waals surface area contributed by atoms with E-state index < -0.39 is 63.4 Å². The minimum absolute atomic E-state index is 0.0746. The molecule has 0 saturated carbocycles. The fourth-order valence-electron chi connectivity index (χ4n) is 4.53. The topological polar surface area (TPSA) is 174 Å². The molecular formula is C23H25BClN3O9S. The second-order valence-corrected chi connectivity index (χ2v) is 11.5. The van der Waals surface area contributed by atoms with Crippen LogP contribution in [0.25, 0.3) is 0 Å². The second kappa shape index (κ2) is 10.3. The molecule has 1 unspecified atom stereocenters. The van der Waals surface area contributed by atoms with Crippen LogP contribution >= 0.6 is 11.6 Å². The Kier molecular flexibility index (Phi) is 7.50. The average Bonchev–Trinajstić information content (AvgIpc) is 3.24. The highest BCUT2D eigenvalue weighted by Crippen LogP contribution is 2.40. The van der Waals surface area contributed by atoms with Crippen LogP contribution in [-0.2, 0) is 21.2 Å². The van der Waals surface area contributed by atoms with Crippen LogP contribution in [0.1, 0.15) is 29.2 Å². The van der Waals surface area contributed by atoms with Crippen molar-refractivity contribution >= 4 is 46.6 Å². The number of phenolic OH excluding ortho intramolecular Hbond substituents is 2. The van der Waals surface area contributed by atoms with Crippen LogP contribution in [0, 0.1) is 6.92 Å². The van der Waals surface area contributed by atoms with Crippen LogP contribution in [0.4, 0.5) is 9.59 Å². The summed E-state index contributed by atoms with van der Waals surface area (Å²) < 4.78 is 29.8. The number of carbonyl (C=O) groups excluding carboxylic acids is 3. The van der Waals surface area contributed by atoms with E-state index in [-0.39, 0.29) is 25.1 Å². The molecular weight excluding hydrogens is 541 g/mol. The Hall–Kier alpha value is -3.49. The molecule has 0 aromatic heterocycles. The van der Waals surface area contributed by atoms with Crippen molar-refractivity contribution in [3.05, 3.63) is 52.0 Å². The molecule has 2 aliphatic heterocycles. The van der Waals surface area contributed by atoms with E-state index in [1.807, 2.05) is 25.1 Å². The molecule has 4 N–H and O–H groups in total. The number of fused-ring (bicyclic) bond motifs is 1. The van der Waals surface area contributed by atoms with E-state index in [4.69, 9.17) is 16.3 Å². The molecule has 1 fully saturated rings. The Balaban J connectivity index is 1.61. The van der Waals surface area contributed by atoms with Crippen LogP contribution in [0.3, 0.4) is 0 Å². The number of amides is 4. The molecule has 2 atom stereocenters. The van der Waals surface area contributed by atoms with E-state index in [0.29, 0.717) is 21.4 Å². The van der Waals surface area contributed by atoms with E-state index in [1.54, 1.807) is 0 Å². The molecule has 38 heavy (non-hydrogen) atoms. The summed E-state index contributed by atoms with van der Waals surface area (Å²) in [7, 11) is -5.24. The predicted molar refractivity (Wildman–Crippen MR) is 137 cm³/mol. The number of carbonyl (C=O) groups is 3. The Morgan fingerprint density at radius 3 is 2.61 bits per heavy atom. The number of nitrogens with one attached hydrogen (secondary N) is 1. The van der Waals surface area contributed by atoms with Crippen molar-refractivity contribution in [3.8, 4) is 17.2 Å². The van der Waals surface area contributed by atoms with Gasteiger partial charge in [0.25, 0.3) is 0 Å². The van der Waals surface area contributed by atoms with Gasteiger partial charge in [0.2, 0.25) is 10.0 Å². The highest BCUT2D eigenvalue weighted by molar-refractivity contribution is 7.88. The molecule has 2 aliphatic rings. The summed E-state index contributed by atoms with van der Waals surface area (Å²) in [6.45, 7) is 1.32. The smallest absolute Gasteiger partial charge is 0.526 e. The molecule has 2 heterocycles. The largest absolute Gasteiger partial charge is 0.536 e. The SMILES string of the molecule is Cc1cccc2c1OB(O)[C@@H](CC(=O)C(NC(=O)N1CCN(S(C)(=O)=O)C1=O)c1ccc(O)c(O)c1Cl)C2. The standard InChI is InChI=1S/C23H25BClN3O9S/c1-12-4-3-5-13-10-14(24(34)37-21(12)13)11-17(30)19(15-6-7-16(29)20(31)18(15)25)26-22(32)27-8-9-28(23(27)33)38(2,35)36/h3-7,14,19,29,31,34H,8-11H2,1-2H3,(H,26,32)/t14-,19?/m1/s1. The summed E-state index contributed by atoms with van der Waals surface area (Å²) in [4.78, 5) is 39.7. The summed E-state index contributed by atoms with van der Waals surface area (Å²) in [6, 6.07) is 4.09. The van der Waals surface area contributed by atoms with Gasteiger partial charge in [-0.05, 0) is 30.5 Å². The van der Waals surface area contributed by atoms with Gasteiger partial charge in [0.05, 0.1) is 24.4 Å². The van der Waals surface area contributed by atoms with E-state index in [0.717, 1.165) is 23.4 Å². The number of sulfonamides is 1. The molecule has 12 nitrogen and oxygen atoms in total. The van der Waals surface area contributed by atoms with Crippen molar-refractivity contribution in [3.63, 3.8) is 0 Å². The molecule has 0 bridgehead atoms. The number of rotatable bonds is 6. The van der Waals surface area contributed by atoms with Crippen molar-refractivity contribution in [2.24, 2.45) is 0 Å². The van der Waals surface area contributed by atoms with Gasteiger partial charge in [-0.3, -0.25) is 4.79 Å². The Labute approximate surface area is 223 Å². The van der Waals surface area contributed by atoms with E-state index >= 15 is 0 Å². The third-order valence-corrected chi connectivity index (χ3v) is 8.06. The molecule has 4 rings (SSSR count). The number of hydrogen-bond donors (Lipinski definition) is 4. The Bertz CT molecular complexity index is 1420. The number of nitrogens with zero attached hydrogens (tertiary/aromatic N) is 2. The van der Waals surface area contributed by atoms with Gasteiger partial charge < -0.3 is 25.2 Å². The van der Waals surface area contributed by atoms with Gasteiger partial charge in [-0.15, -0.1) is 0 Å². The first-order chi connectivity index (χ1) is 17.8. The summed E-state index contributed by atoms with van der Waals surface area (Å²) in [5, 5.41) is 32.5. The molecule has 4 amide bonds. The summed E-state index contributed by atoms with van der Waals surface area (Å²) >= 11 is 6.19. The fraction of sp³-hybridized carbons (Fsp3) is 0.348. The lowest BCUT2D eigenvalue weighted by atomic mass is 9.64.